The van der Waals surface area contributed by atoms with Crippen LogP contribution in [0, 0.1) is 6.92 Å². The van der Waals surface area contributed by atoms with E-state index in [1.807, 2.05) is 42.6 Å². The van der Waals surface area contributed by atoms with Crippen molar-refractivity contribution in [3.8, 4) is 9.88 Å². The first-order valence-electron chi connectivity index (χ1n) is 8.97. The predicted molar refractivity (Wildman–Crippen MR) is 114 cm³/mol. The molecule has 4 rings (SSSR count). The molecule has 0 atom stereocenters. The lowest BCUT2D eigenvalue weighted by Gasteiger charge is -2.35. The number of hydrogen-bond acceptors (Lipinski definition) is 6. The highest BCUT2D eigenvalue weighted by Crippen LogP contribution is 2.32. The Morgan fingerprint density at radius 2 is 1.89 bits per heavy atom. The van der Waals surface area contributed by atoms with Crippen molar-refractivity contribution >= 4 is 40.0 Å². The molecule has 0 bridgehead atoms. The summed E-state index contributed by atoms with van der Waals surface area (Å²) in [7, 11) is 2.14. The number of aromatic nitrogens is 1. The Labute approximate surface area is 167 Å². The Morgan fingerprint density at radius 1 is 1.11 bits per heavy atom. The molecule has 7 heteroatoms. The van der Waals surface area contributed by atoms with Crippen molar-refractivity contribution in [2.75, 3.05) is 43.4 Å². The molecule has 1 amide bonds. The lowest BCUT2D eigenvalue weighted by molar-refractivity contribution is 0.103. The number of amides is 1. The average molecular weight is 399 g/mol. The summed E-state index contributed by atoms with van der Waals surface area (Å²) in [6, 6.07) is 12.1. The van der Waals surface area contributed by atoms with Gasteiger partial charge in [0.05, 0.1) is 21.9 Å². The number of carbonyl (C=O) groups is 1. The van der Waals surface area contributed by atoms with Gasteiger partial charge in [0, 0.05) is 26.2 Å². The lowest BCUT2D eigenvalue weighted by atomic mass is 10.2. The van der Waals surface area contributed by atoms with Gasteiger partial charge < -0.3 is 15.1 Å². The number of thiazole rings is 1. The highest BCUT2D eigenvalue weighted by Gasteiger charge is 2.20. The molecular formula is C20H22N4OS2. The quantitative estimate of drug-likeness (QED) is 0.716. The molecule has 27 heavy (non-hydrogen) atoms. The molecule has 3 aromatic rings. The number of rotatable bonds is 4. The van der Waals surface area contributed by atoms with E-state index < -0.39 is 0 Å². The Morgan fingerprint density at radius 3 is 2.63 bits per heavy atom. The van der Waals surface area contributed by atoms with Crippen LogP contribution in [0.2, 0.25) is 0 Å². The van der Waals surface area contributed by atoms with Crippen molar-refractivity contribution < 1.29 is 4.79 Å². The molecule has 5 nitrogen and oxygen atoms in total. The third kappa shape index (κ3) is 3.90. The van der Waals surface area contributed by atoms with Crippen LogP contribution in [0.15, 0.2) is 41.8 Å². The first kappa shape index (κ1) is 18.2. The van der Waals surface area contributed by atoms with Crippen LogP contribution in [-0.2, 0) is 0 Å². The number of anilines is 2. The molecular weight excluding hydrogens is 376 g/mol. The molecule has 0 spiro atoms. The summed E-state index contributed by atoms with van der Waals surface area (Å²) in [5.41, 5.74) is 2.72. The van der Waals surface area contributed by atoms with Crippen molar-refractivity contribution in [1.29, 1.82) is 0 Å². The van der Waals surface area contributed by atoms with Crippen molar-refractivity contribution in [2.45, 2.75) is 6.92 Å². The van der Waals surface area contributed by atoms with Crippen LogP contribution in [0.5, 0.6) is 0 Å². The van der Waals surface area contributed by atoms with Gasteiger partial charge in [-0.25, -0.2) is 4.98 Å². The molecule has 1 aromatic carbocycles. The molecule has 140 valence electrons. The van der Waals surface area contributed by atoms with Gasteiger partial charge in [-0.1, -0.05) is 18.2 Å². The average Bonchev–Trinajstić information content (AvgIpc) is 3.32. The first-order valence-corrected chi connectivity index (χ1v) is 10.7. The molecule has 1 aliphatic heterocycles. The Hall–Kier alpha value is -2.22. The lowest BCUT2D eigenvalue weighted by Crippen LogP contribution is -2.44. The summed E-state index contributed by atoms with van der Waals surface area (Å²) in [4.78, 5) is 24.0. The number of benzene rings is 1. The smallest absolute Gasteiger partial charge is 0.267 e. The second kappa shape index (κ2) is 7.80. The standard InChI is InChI=1S/C20H22N4OS2/c1-14-18(27-20(21-14)17-8-5-13-26-17)19(25)22-15-6-3-4-7-16(15)24-11-9-23(2)10-12-24/h3-8,13H,9-12H2,1-2H3,(H,22,25). The van der Waals surface area contributed by atoms with Gasteiger partial charge in [0.25, 0.3) is 5.91 Å². The van der Waals surface area contributed by atoms with E-state index in [0.29, 0.717) is 4.88 Å². The predicted octanol–water partition coefficient (Wildman–Crippen LogP) is 4.18. The van der Waals surface area contributed by atoms with E-state index in [9.17, 15) is 4.79 Å². The van der Waals surface area contributed by atoms with E-state index in [-0.39, 0.29) is 5.91 Å². The van der Waals surface area contributed by atoms with Gasteiger partial charge >= 0.3 is 0 Å². The van der Waals surface area contributed by atoms with Crippen LogP contribution in [0.1, 0.15) is 15.4 Å². The highest BCUT2D eigenvalue weighted by molar-refractivity contribution is 7.22. The van der Waals surface area contributed by atoms with Crippen LogP contribution >= 0.6 is 22.7 Å². The van der Waals surface area contributed by atoms with Crippen molar-refractivity contribution in [1.82, 2.24) is 9.88 Å². The van der Waals surface area contributed by atoms with Crippen molar-refractivity contribution in [3.05, 3.63) is 52.3 Å². The van der Waals surface area contributed by atoms with Crippen LogP contribution in [0.25, 0.3) is 9.88 Å². The fourth-order valence-electron chi connectivity index (χ4n) is 3.19. The molecule has 1 aliphatic rings. The van der Waals surface area contributed by atoms with E-state index >= 15 is 0 Å². The third-order valence-electron chi connectivity index (χ3n) is 4.73. The number of hydrogen-bond donors (Lipinski definition) is 1. The minimum Gasteiger partial charge on any atom is -0.367 e. The van der Waals surface area contributed by atoms with Crippen molar-refractivity contribution in [2.24, 2.45) is 0 Å². The second-order valence-corrected chi connectivity index (χ2v) is 8.62. The molecule has 3 heterocycles. The van der Waals surface area contributed by atoms with E-state index in [1.54, 1.807) is 11.3 Å². The second-order valence-electron chi connectivity index (χ2n) is 6.67. The van der Waals surface area contributed by atoms with Crippen LogP contribution in [0.4, 0.5) is 11.4 Å². The summed E-state index contributed by atoms with van der Waals surface area (Å²) >= 11 is 3.09. The summed E-state index contributed by atoms with van der Waals surface area (Å²) in [6.07, 6.45) is 0. The van der Waals surface area contributed by atoms with Crippen molar-refractivity contribution in [3.63, 3.8) is 0 Å². The monoisotopic (exact) mass is 398 g/mol. The number of likely N-dealkylation sites (N-methyl/N-ethyl adjacent to an activating group) is 1. The molecule has 2 aromatic heterocycles. The molecule has 1 saturated heterocycles. The van der Waals surface area contributed by atoms with Gasteiger partial charge in [-0.05, 0) is 37.6 Å². The maximum absolute atomic E-state index is 12.9. The molecule has 0 aliphatic carbocycles. The summed E-state index contributed by atoms with van der Waals surface area (Å²) < 4.78 is 0. The SMILES string of the molecule is Cc1nc(-c2cccs2)sc1C(=O)Nc1ccccc1N1CCN(C)CC1. The zero-order chi connectivity index (χ0) is 18.8. The van der Waals surface area contributed by atoms with E-state index in [1.165, 1.54) is 11.3 Å². The molecule has 1 N–H and O–H groups in total. The van der Waals surface area contributed by atoms with E-state index in [4.69, 9.17) is 0 Å². The highest BCUT2D eigenvalue weighted by atomic mass is 32.1. The molecule has 0 unspecified atom stereocenters. The molecule has 0 radical (unpaired) electrons. The largest absolute Gasteiger partial charge is 0.367 e. The Balaban J connectivity index is 1.55. The Kier molecular flexibility index (Phi) is 5.24. The summed E-state index contributed by atoms with van der Waals surface area (Å²) in [5, 5.41) is 6.04. The maximum atomic E-state index is 12.9. The number of nitrogens with one attached hydrogen (secondary N) is 1. The van der Waals surface area contributed by atoms with Gasteiger partial charge in [0.1, 0.15) is 9.88 Å². The fraction of sp³-hybridized carbons (Fsp3) is 0.300. The minimum atomic E-state index is -0.0885. The van der Waals surface area contributed by atoms with Gasteiger partial charge in [0.15, 0.2) is 0 Å². The van der Waals surface area contributed by atoms with Gasteiger partial charge in [-0.2, -0.15) is 0 Å². The summed E-state index contributed by atoms with van der Waals surface area (Å²) in [6.45, 7) is 5.88. The topological polar surface area (TPSA) is 48.5 Å². The van der Waals surface area contributed by atoms with Gasteiger partial charge in [-0.15, -0.1) is 22.7 Å². The zero-order valence-corrected chi connectivity index (χ0v) is 17.1. The minimum absolute atomic E-state index is 0.0885. The number of carbonyl (C=O) groups excluding carboxylic acids is 1. The first-order chi connectivity index (χ1) is 13.1. The molecule has 0 saturated carbocycles. The van der Waals surface area contributed by atoms with Crippen LogP contribution < -0.4 is 10.2 Å². The number of para-hydroxylation sites is 2. The third-order valence-corrected chi connectivity index (χ3v) is 6.93. The number of nitrogens with zero attached hydrogens (tertiary/aromatic N) is 3. The normalized spacial score (nSPS) is 15.1. The van der Waals surface area contributed by atoms with Gasteiger partial charge in [-0.3, -0.25) is 4.79 Å². The van der Waals surface area contributed by atoms with Crippen LogP contribution in [-0.4, -0.2) is 49.0 Å². The van der Waals surface area contributed by atoms with Crippen LogP contribution in [0.3, 0.4) is 0 Å². The zero-order valence-electron chi connectivity index (χ0n) is 15.4. The number of thiophene rings is 1. The fourth-order valence-corrected chi connectivity index (χ4v) is 4.95. The molecule has 1 fully saturated rings. The summed E-state index contributed by atoms with van der Waals surface area (Å²) in [5.74, 6) is -0.0885. The van der Waals surface area contributed by atoms with E-state index in [2.05, 4.69) is 33.2 Å². The number of aryl methyl sites for hydroxylation is 1. The maximum Gasteiger partial charge on any atom is 0.267 e. The van der Waals surface area contributed by atoms with E-state index in [0.717, 1.165) is 53.1 Å². The Bertz CT molecular complexity index is 927. The van der Waals surface area contributed by atoms with Gasteiger partial charge in [0.2, 0.25) is 0 Å². The number of piperazine rings is 1.